The van der Waals surface area contributed by atoms with E-state index in [0.717, 1.165) is 25.8 Å². The quantitative estimate of drug-likeness (QED) is 0.669. The minimum Gasteiger partial charge on any atom is -0.468 e. The molecule has 1 aliphatic heterocycles. The van der Waals surface area contributed by atoms with Gasteiger partial charge in [-0.1, -0.05) is 6.42 Å². The molecule has 1 rings (SSSR count). The first-order valence-electron chi connectivity index (χ1n) is 4.82. The molecule has 0 bridgehead atoms. The van der Waals surface area contributed by atoms with Crippen LogP contribution in [0.15, 0.2) is 0 Å². The van der Waals surface area contributed by atoms with Gasteiger partial charge in [0.05, 0.1) is 13.2 Å². The van der Waals surface area contributed by atoms with E-state index in [1.807, 2.05) is 0 Å². The number of amides is 1. The number of esters is 1. The van der Waals surface area contributed by atoms with E-state index in [9.17, 15) is 9.59 Å². The van der Waals surface area contributed by atoms with Crippen LogP contribution in [0.3, 0.4) is 0 Å². The first kappa shape index (κ1) is 14.2. The van der Waals surface area contributed by atoms with Crippen LogP contribution in [0.1, 0.15) is 19.3 Å². The van der Waals surface area contributed by atoms with E-state index < -0.39 is 5.97 Å². The lowest BCUT2D eigenvalue weighted by Crippen LogP contribution is -2.47. The summed E-state index contributed by atoms with van der Waals surface area (Å²) in [5.74, 6) is -0.538. The summed E-state index contributed by atoms with van der Waals surface area (Å²) in [6, 6.07) is -0.145. The van der Waals surface area contributed by atoms with Gasteiger partial charge in [-0.15, -0.1) is 12.4 Å². The van der Waals surface area contributed by atoms with Crippen LogP contribution in [-0.2, 0) is 14.3 Å². The van der Waals surface area contributed by atoms with Crippen LogP contribution < -0.4 is 10.6 Å². The van der Waals surface area contributed by atoms with Crippen molar-refractivity contribution in [3.8, 4) is 0 Å². The number of methoxy groups -OCH3 is 1. The maximum atomic E-state index is 11.4. The Morgan fingerprint density at radius 3 is 2.73 bits per heavy atom. The zero-order chi connectivity index (χ0) is 10.4. The minimum atomic E-state index is -0.422. The van der Waals surface area contributed by atoms with E-state index in [0.29, 0.717) is 0 Å². The van der Waals surface area contributed by atoms with Gasteiger partial charge in [0, 0.05) is 0 Å². The third kappa shape index (κ3) is 4.99. The SMILES string of the molecule is COC(=O)CNC(=O)[C@@H]1CCCCN1.Cl. The predicted octanol–water partition coefficient (Wildman–Crippen LogP) is -0.161. The zero-order valence-corrected chi connectivity index (χ0v) is 9.56. The van der Waals surface area contributed by atoms with Crippen LogP contribution in [0.5, 0.6) is 0 Å². The molecule has 88 valence electrons. The molecule has 0 saturated carbocycles. The van der Waals surface area contributed by atoms with Gasteiger partial charge in [0.1, 0.15) is 6.54 Å². The molecule has 0 aromatic rings. The fourth-order valence-electron chi connectivity index (χ4n) is 1.43. The summed E-state index contributed by atoms with van der Waals surface area (Å²) in [4.78, 5) is 22.2. The maximum absolute atomic E-state index is 11.4. The highest BCUT2D eigenvalue weighted by Gasteiger charge is 2.20. The van der Waals surface area contributed by atoms with E-state index in [2.05, 4.69) is 15.4 Å². The summed E-state index contributed by atoms with van der Waals surface area (Å²) in [6.45, 7) is 0.823. The average Bonchev–Trinajstić information content (AvgIpc) is 2.26. The Morgan fingerprint density at radius 2 is 2.20 bits per heavy atom. The summed E-state index contributed by atoms with van der Waals surface area (Å²) in [5, 5.41) is 5.62. The van der Waals surface area contributed by atoms with Crippen LogP contribution in [0.4, 0.5) is 0 Å². The largest absolute Gasteiger partial charge is 0.468 e. The Hall–Kier alpha value is -0.810. The lowest BCUT2D eigenvalue weighted by Gasteiger charge is -2.22. The summed E-state index contributed by atoms with van der Waals surface area (Å²) >= 11 is 0. The average molecular weight is 237 g/mol. The summed E-state index contributed by atoms with van der Waals surface area (Å²) in [5.41, 5.74) is 0. The second kappa shape index (κ2) is 7.48. The molecule has 0 radical (unpaired) electrons. The molecule has 1 aliphatic rings. The van der Waals surface area contributed by atoms with E-state index >= 15 is 0 Å². The molecule has 1 saturated heterocycles. The van der Waals surface area contributed by atoms with Crippen LogP contribution in [0, 0.1) is 0 Å². The smallest absolute Gasteiger partial charge is 0.325 e. The second-order valence-electron chi connectivity index (χ2n) is 3.30. The van der Waals surface area contributed by atoms with Crippen molar-refractivity contribution >= 4 is 24.3 Å². The van der Waals surface area contributed by atoms with Crippen molar-refractivity contribution in [3.05, 3.63) is 0 Å². The van der Waals surface area contributed by atoms with Crippen molar-refractivity contribution in [3.63, 3.8) is 0 Å². The maximum Gasteiger partial charge on any atom is 0.325 e. The number of hydrogen-bond acceptors (Lipinski definition) is 4. The molecule has 1 heterocycles. The zero-order valence-electron chi connectivity index (χ0n) is 8.75. The highest BCUT2D eigenvalue weighted by molar-refractivity contribution is 5.85. The van der Waals surface area contributed by atoms with Gasteiger partial charge < -0.3 is 15.4 Å². The molecule has 0 aromatic carbocycles. The number of hydrogen-bond donors (Lipinski definition) is 2. The fourth-order valence-corrected chi connectivity index (χ4v) is 1.43. The highest BCUT2D eigenvalue weighted by atomic mass is 35.5. The Bertz CT molecular complexity index is 217. The summed E-state index contributed by atoms with van der Waals surface area (Å²) in [7, 11) is 1.30. The number of carbonyl (C=O) groups excluding carboxylic acids is 2. The molecular formula is C9H17ClN2O3. The topological polar surface area (TPSA) is 67.4 Å². The van der Waals surface area contributed by atoms with Crippen molar-refractivity contribution in [2.24, 2.45) is 0 Å². The van der Waals surface area contributed by atoms with Crippen molar-refractivity contribution in [1.29, 1.82) is 0 Å². The first-order valence-corrected chi connectivity index (χ1v) is 4.82. The number of nitrogens with one attached hydrogen (secondary N) is 2. The normalized spacial score (nSPS) is 19.9. The number of ether oxygens (including phenoxy) is 1. The summed E-state index contributed by atoms with van der Waals surface area (Å²) in [6.07, 6.45) is 3.01. The van der Waals surface area contributed by atoms with E-state index in [4.69, 9.17) is 0 Å². The number of halogens is 1. The van der Waals surface area contributed by atoms with E-state index in [1.54, 1.807) is 0 Å². The van der Waals surface area contributed by atoms with E-state index in [-0.39, 0.29) is 30.9 Å². The Balaban J connectivity index is 0.00000196. The molecule has 2 N–H and O–H groups in total. The van der Waals surface area contributed by atoms with Crippen molar-refractivity contribution in [2.75, 3.05) is 20.2 Å². The second-order valence-corrected chi connectivity index (χ2v) is 3.30. The Kier molecular flexibility index (Phi) is 7.07. The van der Waals surface area contributed by atoms with Crippen LogP contribution in [0.25, 0.3) is 0 Å². The van der Waals surface area contributed by atoms with Gasteiger partial charge in [0.25, 0.3) is 0 Å². The Labute approximate surface area is 95.3 Å². The number of rotatable bonds is 3. The number of carbonyl (C=O) groups is 2. The third-order valence-electron chi connectivity index (χ3n) is 2.26. The highest BCUT2D eigenvalue weighted by Crippen LogP contribution is 2.06. The molecular weight excluding hydrogens is 220 g/mol. The predicted molar refractivity (Wildman–Crippen MR) is 57.9 cm³/mol. The summed E-state index contributed by atoms with van der Waals surface area (Å²) < 4.78 is 4.41. The van der Waals surface area contributed by atoms with Crippen molar-refractivity contribution in [1.82, 2.24) is 10.6 Å². The first-order chi connectivity index (χ1) is 6.74. The van der Waals surface area contributed by atoms with Gasteiger partial charge in [-0.05, 0) is 19.4 Å². The lowest BCUT2D eigenvalue weighted by molar-refractivity contribution is -0.141. The minimum absolute atomic E-state index is 0. The van der Waals surface area contributed by atoms with Gasteiger partial charge in [0.15, 0.2) is 0 Å². The van der Waals surface area contributed by atoms with Gasteiger partial charge in [-0.2, -0.15) is 0 Å². The molecule has 0 aromatic heterocycles. The molecule has 6 heteroatoms. The van der Waals surface area contributed by atoms with Gasteiger partial charge >= 0.3 is 5.97 Å². The molecule has 15 heavy (non-hydrogen) atoms. The van der Waals surface area contributed by atoms with Gasteiger partial charge in [-0.3, -0.25) is 9.59 Å². The molecule has 5 nitrogen and oxygen atoms in total. The Morgan fingerprint density at radius 1 is 1.47 bits per heavy atom. The van der Waals surface area contributed by atoms with Crippen LogP contribution in [-0.4, -0.2) is 38.1 Å². The number of piperidine rings is 1. The standard InChI is InChI=1S/C9H16N2O3.ClH/c1-14-8(12)6-11-9(13)7-4-2-3-5-10-7;/h7,10H,2-6H2,1H3,(H,11,13);1H/t7-;/m0./s1. The molecule has 0 aliphatic carbocycles. The molecule has 0 spiro atoms. The van der Waals surface area contributed by atoms with E-state index in [1.165, 1.54) is 7.11 Å². The molecule has 1 fully saturated rings. The van der Waals surface area contributed by atoms with Gasteiger partial charge in [0.2, 0.25) is 5.91 Å². The third-order valence-corrected chi connectivity index (χ3v) is 2.26. The fraction of sp³-hybridized carbons (Fsp3) is 0.778. The van der Waals surface area contributed by atoms with Gasteiger partial charge in [-0.25, -0.2) is 0 Å². The lowest BCUT2D eigenvalue weighted by atomic mass is 10.0. The van der Waals surface area contributed by atoms with Crippen LogP contribution >= 0.6 is 12.4 Å². The molecule has 1 amide bonds. The van der Waals surface area contributed by atoms with Crippen molar-refractivity contribution < 1.29 is 14.3 Å². The van der Waals surface area contributed by atoms with Crippen LogP contribution in [0.2, 0.25) is 0 Å². The molecule has 1 atom stereocenters. The molecule has 0 unspecified atom stereocenters. The van der Waals surface area contributed by atoms with Crippen molar-refractivity contribution in [2.45, 2.75) is 25.3 Å². The monoisotopic (exact) mass is 236 g/mol.